The van der Waals surface area contributed by atoms with E-state index in [0.717, 1.165) is 43.5 Å². The predicted molar refractivity (Wildman–Crippen MR) is 126 cm³/mol. The highest BCUT2D eigenvalue weighted by Gasteiger charge is 2.20. The molecule has 0 saturated carbocycles. The Bertz CT molecular complexity index is 705. The minimum atomic E-state index is 0. The number of halogens is 1. The number of hydrogen-bond donors (Lipinski definition) is 2. The molecule has 1 atom stereocenters. The summed E-state index contributed by atoms with van der Waals surface area (Å²) in [6.07, 6.45) is 4.03. The van der Waals surface area contributed by atoms with Gasteiger partial charge in [-0.25, -0.2) is 4.98 Å². The normalized spacial score (nSPS) is 16.1. The van der Waals surface area contributed by atoms with Crippen molar-refractivity contribution in [3.05, 3.63) is 54.7 Å². The summed E-state index contributed by atoms with van der Waals surface area (Å²) in [6, 6.07) is 16.4. The molecule has 0 bridgehead atoms. The standard InChI is InChI=1S/C21H29N5O.HI/c1-17(27-19-8-4-3-5-9-19)16-24-21(22-2)25-18-11-14-26(15-12-18)20-10-6-7-13-23-20;/h3-10,13,17-18H,11-12,14-16H2,1-2H3,(H2,22,24,25);1H. The third-order valence-electron chi connectivity index (χ3n) is 4.67. The van der Waals surface area contributed by atoms with E-state index >= 15 is 0 Å². The van der Waals surface area contributed by atoms with E-state index in [2.05, 4.69) is 38.5 Å². The second-order valence-electron chi connectivity index (χ2n) is 6.79. The van der Waals surface area contributed by atoms with Crippen molar-refractivity contribution in [3.8, 4) is 5.75 Å². The maximum atomic E-state index is 5.90. The van der Waals surface area contributed by atoms with Gasteiger partial charge in [0.05, 0.1) is 6.54 Å². The Morgan fingerprint density at radius 1 is 1.18 bits per heavy atom. The van der Waals surface area contributed by atoms with E-state index < -0.39 is 0 Å². The highest BCUT2D eigenvalue weighted by molar-refractivity contribution is 14.0. The molecule has 2 N–H and O–H groups in total. The van der Waals surface area contributed by atoms with Crippen molar-refractivity contribution < 1.29 is 4.74 Å². The van der Waals surface area contributed by atoms with E-state index in [1.54, 1.807) is 7.05 Å². The van der Waals surface area contributed by atoms with Gasteiger partial charge in [-0.15, -0.1) is 24.0 Å². The van der Waals surface area contributed by atoms with Gasteiger partial charge >= 0.3 is 0 Å². The maximum absolute atomic E-state index is 5.90. The molecular weight excluding hydrogens is 465 g/mol. The lowest BCUT2D eigenvalue weighted by molar-refractivity contribution is 0.223. The fourth-order valence-corrected chi connectivity index (χ4v) is 3.20. The molecule has 2 aromatic rings. The molecule has 0 amide bonds. The molecule has 1 aliphatic heterocycles. The molecule has 1 aromatic heterocycles. The van der Waals surface area contributed by atoms with E-state index in [-0.39, 0.29) is 30.1 Å². The van der Waals surface area contributed by atoms with E-state index in [4.69, 9.17) is 4.74 Å². The van der Waals surface area contributed by atoms with Crippen LogP contribution in [0.25, 0.3) is 0 Å². The Morgan fingerprint density at radius 3 is 2.54 bits per heavy atom. The molecule has 28 heavy (non-hydrogen) atoms. The lowest BCUT2D eigenvalue weighted by atomic mass is 10.1. The van der Waals surface area contributed by atoms with E-state index in [1.165, 1.54) is 0 Å². The number of piperidine rings is 1. The number of rotatable bonds is 6. The molecule has 6 nitrogen and oxygen atoms in total. The monoisotopic (exact) mass is 495 g/mol. The van der Waals surface area contributed by atoms with Gasteiger partial charge in [-0.1, -0.05) is 24.3 Å². The summed E-state index contributed by atoms with van der Waals surface area (Å²) in [5, 5.41) is 6.90. The highest BCUT2D eigenvalue weighted by atomic mass is 127. The van der Waals surface area contributed by atoms with Crippen LogP contribution in [-0.2, 0) is 0 Å². The fourth-order valence-electron chi connectivity index (χ4n) is 3.20. The average Bonchev–Trinajstić information content (AvgIpc) is 2.73. The molecule has 1 fully saturated rings. The minimum Gasteiger partial charge on any atom is -0.489 e. The minimum absolute atomic E-state index is 0. The molecule has 2 heterocycles. The molecule has 0 radical (unpaired) electrons. The number of nitrogens with one attached hydrogen (secondary N) is 2. The van der Waals surface area contributed by atoms with Crippen molar-refractivity contribution in [1.82, 2.24) is 15.6 Å². The second kappa shape index (κ2) is 11.7. The van der Waals surface area contributed by atoms with E-state index in [9.17, 15) is 0 Å². The topological polar surface area (TPSA) is 61.8 Å². The zero-order valence-corrected chi connectivity index (χ0v) is 18.9. The Balaban J connectivity index is 0.00000280. The van der Waals surface area contributed by atoms with Crippen LogP contribution in [0.15, 0.2) is 59.7 Å². The molecule has 7 heteroatoms. The number of anilines is 1. The van der Waals surface area contributed by atoms with Crippen molar-refractivity contribution >= 4 is 35.8 Å². The molecule has 0 spiro atoms. The number of aromatic nitrogens is 1. The Kier molecular flexibility index (Phi) is 9.33. The summed E-state index contributed by atoms with van der Waals surface area (Å²) >= 11 is 0. The summed E-state index contributed by atoms with van der Waals surface area (Å²) in [5.74, 6) is 2.77. The number of ether oxygens (including phenoxy) is 1. The van der Waals surface area contributed by atoms with Gasteiger partial charge in [-0.3, -0.25) is 4.99 Å². The summed E-state index contributed by atoms with van der Waals surface area (Å²) in [6.45, 7) is 4.75. The van der Waals surface area contributed by atoms with Crippen LogP contribution in [0.1, 0.15) is 19.8 Å². The van der Waals surface area contributed by atoms with Crippen LogP contribution in [-0.4, -0.2) is 49.8 Å². The first-order valence-corrected chi connectivity index (χ1v) is 9.59. The van der Waals surface area contributed by atoms with Gasteiger partial charge in [0.1, 0.15) is 17.7 Å². The first-order chi connectivity index (χ1) is 13.2. The van der Waals surface area contributed by atoms with Gasteiger partial charge < -0.3 is 20.3 Å². The summed E-state index contributed by atoms with van der Waals surface area (Å²) in [7, 11) is 1.81. The molecule has 1 aromatic carbocycles. The lowest BCUT2D eigenvalue weighted by Crippen LogP contribution is -2.50. The number of aliphatic imine (C=N–C) groups is 1. The van der Waals surface area contributed by atoms with Crippen molar-refractivity contribution in [2.24, 2.45) is 4.99 Å². The first kappa shape index (κ1) is 22.3. The van der Waals surface area contributed by atoms with Crippen LogP contribution in [0, 0.1) is 0 Å². The number of para-hydroxylation sites is 1. The summed E-state index contributed by atoms with van der Waals surface area (Å²) < 4.78 is 5.90. The van der Waals surface area contributed by atoms with Crippen LogP contribution in [0.3, 0.4) is 0 Å². The largest absolute Gasteiger partial charge is 0.489 e. The molecule has 3 rings (SSSR count). The number of hydrogen-bond acceptors (Lipinski definition) is 4. The number of pyridine rings is 1. The smallest absolute Gasteiger partial charge is 0.191 e. The molecule has 152 valence electrons. The average molecular weight is 495 g/mol. The molecule has 1 saturated heterocycles. The quantitative estimate of drug-likeness (QED) is 0.366. The highest BCUT2D eigenvalue weighted by Crippen LogP contribution is 2.17. The number of guanidine groups is 1. The molecule has 1 aliphatic rings. The van der Waals surface area contributed by atoms with E-state index in [0.29, 0.717) is 12.6 Å². The summed E-state index contributed by atoms with van der Waals surface area (Å²) in [5.41, 5.74) is 0. The molecule has 0 aliphatic carbocycles. The Hall–Kier alpha value is -2.03. The van der Waals surface area contributed by atoms with Crippen molar-refractivity contribution in [3.63, 3.8) is 0 Å². The number of benzene rings is 1. The van der Waals surface area contributed by atoms with Gasteiger partial charge in [0, 0.05) is 32.4 Å². The Morgan fingerprint density at radius 2 is 1.89 bits per heavy atom. The lowest BCUT2D eigenvalue weighted by Gasteiger charge is -2.33. The van der Waals surface area contributed by atoms with Crippen LogP contribution in [0.5, 0.6) is 5.75 Å². The first-order valence-electron chi connectivity index (χ1n) is 9.59. The van der Waals surface area contributed by atoms with Crippen LogP contribution < -0.4 is 20.3 Å². The second-order valence-corrected chi connectivity index (χ2v) is 6.79. The van der Waals surface area contributed by atoms with Crippen LogP contribution >= 0.6 is 24.0 Å². The van der Waals surface area contributed by atoms with Gasteiger partial charge in [0.25, 0.3) is 0 Å². The van der Waals surface area contributed by atoms with Crippen molar-refractivity contribution in [2.75, 3.05) is 31.6 Å². The van der Waals surface area contributed by atoms with Crippen LogP contribution in [0.4, 0.5) is 5.82 Å². The fraction of sp³-hybridized carbons (Fsp3) is 0.429. The maximum Gasteiger partial charge on any atom is 0.191 e. The van der Waals surface area contributed by atoms with Gasteiger partial charge in [-0.05, 0) is 44.0 Å². The Labute approximate surface area is 184 Å². The van der Waals surface area contributed by atoms with Gasteiger partial charge in [-0.2, -0.15) is 0 Å². The number of nitrogens with zero attached hydrogens (tertiary/aromatic N) is 3. The van der Waals surface area contributed by atoms with Crippen molar-refractivity contribution in [1.29, 1.82) is 0 Å². The van der Waals surface area contributed by atoms with Crippen LogP contribution in [0.2, 0.25) is 0 Å². The van der Waals surface area contributed by atoms with Gasteiger partial charge in [0.15, 0.2) is 5.96 Å². The third-order valence-corrected chi connectivity index (χ3v) is 4.67. The third kappa shape index (κ3) is 6.85. The van der Waals surface area contributed by atoms with Gasteiger partial charge in [0.2, 0.25) is 0 Å². The van der Waals surface area contributed by atoms with E-state index in [1.807, 2.05) is 48.7 Å². The molecule has 1 unspecified atom stereocenters. The molecular formula is C21H30IN5O. The zero-order chi connectivity index (χ0) is 18.9. The summed E-state index contributed by atoms with van der Waals surface area (Å²) in [4.78, 5) is 11.1. The predicted octanol–water partition coefficient (Wildman–Crippen LogP) is 3.30. The zero-order valence-electron chi connectivity index (χ0n) is 16.5. The van der Waals surface area contributed by atoms with Crippen molar-refractivity contribution in [2.45, 2.75) is 31.9 Å². The SMILES string of the molecule is CN=C(NCC(C)Oc1ccccc1)NC1CCN(c2ccccn2)CC1.I.